The first kappa shape index (κ1) is 26.3. The molecule has 4 unspecified atom stereocenters. The van der Waals surface area contributed by atoms with Crippen LogP contribution < -0.4 is 27.8 Å². The molecule has 0 saturated carbocycles. The van der Waals surface area contributed by atoms with Crippen molar-refractivity contribution in [3.05, 3.63) is 0 Å². The average Bonchev–Trinajstić information content (AvgIpc) is 3.20. The molecule has 0 aliphatic carbocycles. The van der Waals surface area contributed by atoms with E-state index in [0.29, 0.717) is 45.2 Å². The Hall–Kier alpha value is -2.73. The predicted molar refractivity (Wildman–Crippen MR) is 111 cm³/mol. The molecule has 0 aromatic carbocycles. The number of hydrogen-bond acceptors (Lipinski definition) is 7. The summed E-state index contributed by atoms with van der Waals surface area (Å²) in [6, 6.07) is -3.85. The van der Waals surface area contributed by atoms with Crippen LogP contribution in [-0.4, -0.2) is 76.9 Å². The molecule has 0 aromatic heterocycles. The molecular weight excluding hydrogens is 408 g/mol. The summed E-state index contributed by atoms with van der Waals surface area (Å²) < 4.78 is 0. The van der Waals surface area contributed by atoms with Crippen molar-refractivity contribution in [1.29, 1.82) is 0 Å². The Morgan fingerprint density at radius 2 is 1.77 bits per heavy atom. The van der Waals surface area contributed by atoms with Gasteiger partial charge in [-0.2, -0.15) is 0 Å². The number of nitrogens with two attached hydrogens (primary N) is 3. The molecule has 176 valence electrons. The monoisotopic (exact) mass is 442 g/mol. The maximum Gasteiger partial charge on any atom is 0.326 e. The molecule has 12 heteroatoms. The number of unbranched alkanes of at least 4 members (excludes halogenated alkanes) is 1. The lowest BCUT2D eigenvalue weighted by Crippen LogP contribution is -2.56. The largest absolute Gasteiger partial charge is 0.480 e. The second kappa shape index (κ2) is 12.8. The minimum atomic E-state index is -1.08. The van der Waals surface area contributed by atoms with Gasteiger partial charge in [-0.1, -0.05) is 0 Å². The van der Waals surface area contributed by atoms with E-state index in [1.165, 1.54) is 11.8 Å². The summed E-state index contributed by atoms with van der Waals surface area (Å²) >= 11 is 0. The number of carbonyl (C=O) groups is 5. The number of carboxylic acids is 1. The molecule has 1 fully saturated rings. The molecule has 0 radical (unpaired) electrons. The zero-order chi connectivity index (χ0) is 23.6. The normalized spacial score (nSPS) is 18.7. The third kappa shape index (κ3) is 8.50. The second-order valence-corrected chi connectivity index (χ2v) is 7.72. The van der Waals surface area contributed by atoms with E-state index < -0.39 is 53.8 Å². The molecule has 0 spiro atoms. The molecule has 4 amide bonds. The number of likely N-dealkylation sites (tertiary alicyclic amines) is 1. The average molecular weight is 443 g/mol. The van der Waals surface area contributed by atoms with Crippen LogP contribution in [0, 0.1) is 0 Å². The van der Waals surface area contributed by atoms with Crippen LogP contribution >= 0.6 is 0 Å². The first-order chi connectivity index (χ1) is 14.6. The van der Waals surface area contributed by atoms with Gasteiger partial charge in [-0.15, -0.1) is 0 Å². The summed E-state index contributed by atoms with van der Waals surface area (Å²) in [6.45, 7) is 2.16. The second-order valence-electron chi connectivity index (χ2n) is 7.72. The summed E-state index contributed by atoms with van der Waals surface area (Å²) in [7, 11) is 0. The Kier molecular flexibility index (Phi) is 10.9. The highest BCUT2D eigenvalue weighted by atomic mass is 16.4. The Morgan fingerprint density at radius 3 is 2.35 bits per heavy atom. The van der Waals surface area contributed by atoms with E-state index >= 15 is 0 Å². The number of primary amides is 1. The molecular formula is C19H34N6O6. The molecule has 1 aliphatic rings. The van der Waals surface area contributed by atoms with Gasteiger partial charge in [-0.05, 0) is 52.0 Å². The van der Waals surface area contributed by atoms with Gasteiger partial charge in [-0.3, -0.25) is 19.2 Å². The summed E-state index contributed by atoms with van der Waals surface area (Å²) in [5, 5.41) is 14.4. The third-order valence-corrected chi connectivity index (χ3v) is 5.17. The van der Waals surface area contributed by atoms with Gasteiger partial charge < -0.3 is 37.8 Å². The highest BCUT2D eigenvalue weighted by Crippen LogP contribution is 2.20. The molecule has 1 saturated heterocycles. The summed E-state index contributed by atoms with van der Waals surface area (Å²) in [4.78, 5) is 61.2. The zero-order valence-corrected chi connectivity index (χ0v) is 17.8. The first-order valence-corrected chi connectivity index (χ1v) is 10.5. The topological polar surface area (TPSA) is 211 Å². The molecule has 31 heavy (non-hydrogen) atoms. The van der Waals surface area contributed by atoms with Gasteiger partial charge >= 0.3 is 5.97 Å². The van der Waals surface area contributed by atoms with Crippen LogP contribution in [0.15, 0.2) is 0 Å². The predicted octanol–water partition coefficient (Wildman–Crippen LogP) is -2.23. The third-order valence-electron chi connectivity index (χ3n) is 5.17. The number of nitrogens with zero attached hydrogens (tertiary/aromatic N) is 1. The fourth-order valence-corrected chi connectivity index (χ4v) is 3.35. The lowest BCUT2D eigenvalue weighted by molar-refractivity contribution is -0.149. The zero-order valence-electron chi connectivity index (χ0n) is 17.8. The molecule has 0 aromatic rings. The van der Waals surface area contributed by atoms with Gasteiger partial charge in [0.15, 0.2) is 0 Å². The van der Waals surface area contributed by atoms with Crippen molar-refractivity contribution in [3.63, 3.8) is 0 Å². The van der Waals surface area contributed by atoms with Crippen molar-refractivity contribution < 1.29 is 29.1 Å². The number of carboxylic acid groups (broad SMARTS) is 1. The Bertz CT molecular complexity index is 672. The fraction of sp³-hybridized carbons (Fsp3) is 0.737. The van der Waals surface area contributed by atoms with Crippen LogP contribution in [0.2, 0.25) is 0 Å². The minimum absolute atomic E-state index is 0.0429. The van der Waals surface area contributed by atoms with Crippen molar-refractivity contribution in [2.45, 2.75) is 76.0 Å². The van der Waals surface area contributed by atoms with E-state index in [1.54, 1.807) is 0 Å². The van der Waals surface area contributed by atoms with E-state index in [2.05, 4.69) is 10.6 Å². The van der Waals surface area contributed by atoms with Crippen molar-refractivity contribution in [1.82, 2.24) is 15.5 Å². The van der Waals surface area contributed by atoms with Crippen LogP contribution in [0.25, 0.3) is 0 Å². The molecule has 1 heterocycles. The summed E-state index contributed by atoms with van der Waals surface area (Å²) in [6.07, 6.45) is 2.42. The van der Waals surface area contributed by atoms with Crippen molar-refractivity contribution in [2.75, 3.05) is 13.1 Å². The van der Waals surface area contributed by atoms with E-state index in [0.717, 1.165) is 0 Å². The quantitative estimate of drug-likeness (QED) is 0.171. The number of nitrogens with one attached hydrogen (secondary N) is 2. The van der Waals surface area contributed by atoms with Crippen molar-refractivity contribution >= 4 is 29.6 Å². The molecule has 4 atom stereocenters. The maximum atomic E-state index is 13.0. The molecule has 0 bridgehead atoms. The number of carbonyl (C=O) groups excluding carboxylic acids is 4. The van der Waals surface area contributed by atoms with Crippen LogP contribution in [0.1, 0.15) is 51.9 Å². The van der Waals surface area contributed by atoms with Gasteiger partial charge in [0.25, 0.3) is 0 Å². The van der Waals surface area contributed by atoms with Crippen molar-refractivity contribution in [3.8, 4) is 0 Å². The van der Waals surface area contributed by atoms with Gasteiger partial charge in [0.05, 0.1) is 6.04 Å². The Balaban J connectivity index is 2.75. The standard InChI is InChI=1S/C19H34N6O6/c1-11(23-17(28)12(21)7-8-15(22)26)16(27)24-13(5-2-3-9-20)18(29)25-10-4-6-14(25)19(30)31/h11-14H,2-10,20-21H2,1H3,(H2,22,26)(H,23,28)(H,24,27)(H,30,31). The molecule has 9 N–H and O–H groups in total. The summed E-state index contributed by atoms with van der Waals surface area (Å²) in [5.74, 6) is -3.36. The van der Waals surface area contributed by atoms with E-state index in [1.807, 2.05) is 0 Å². The molecule has 1 rings (SSSR count). The smallest absolute Gasteiger partial charge is 0.326 e. The maximum absolute atomic E-state index is 13.0. The van der Waals surface area contributed by atoms with Gasteiger partial charge in [0.1, 0.15) is 18.1 Å². The van der Waals surface area contributed by atoms with Crippen LogP contribution in [0.3, 0.4) is 0 Å². The SMILES string of the molecule is CC(NC(=O)C(N)CCC(N)=O)C(=O)NC(CCCCN)C(=O)N1CCCC1C(=O)O. The highest BCUT2D eigenvalue weighted by molar-refractivity contribution is 5.94. The van der Waals surface area contributed by atoms with Crippen LogP contribution in [0.5, 0.6) is 0 Å². The van der Waals surface area contributed by atoms with Gasteiger partial charge in [0.2, 0.25) is 23.6 Å². The van der Waals surface area contributed by atoms with Gasteiger partial charge in [0, 0.05) is 13.0 Å². The van der Waals surface area contributed by atoms with E-state index in [4.69, 9.17) is 17.2 Å². The number of rotatable bonds is 13. The molecule has 1 aliphatic heterocycles. The molecule has 12 nitrogen and oxygen atoms in total. The van der Waals surface area contributed by atoms with Gasteiger partial charge in [-0.25, -0.2) is 4.79 Å². The van der Waals surface area contributed by atoms with E-state index in [9.17, 15) is 29.1 Å². The summed E-state index contributed by atoms with van der Waals surface area (Å²) in [5.41, 5.74) is 16.2. The Morgan fingerprint density at radius 1 is 1.10 bits per heavy atom. The number of hydrogen-bond donors (Lipinski definition) is 6. The van der Waals surface area contributed by atoms with E-state index in [-0.39, 0.29) is 12.8 Å². The number of aliphatic carboxylic acids is 1. The number of amides is 4. The Labute approximate surface area is 181 Å². The lowest BCUT2D eigenvalue weighted by atomic mass is 10.1. The fourth-order valence-electron chi connectivity index (χ4n) is 3.35. The van der Waals surface area contributed by atoms with Crippen LogP contribution in [0.4, 0.5) is 0 Å². The lowest BCUT2D eigenvalue weighted by Gasteiger charge is -2.28. The first-order valence-electron chi connectivity index (χ1n) is 10.5. The highest BCUT2D eigenvalue weighted by Gasteiger charge is 2.37. The van der Waals surface area contributed by atoms with Crippen LogP contribution in [-0.2, 0) is 24.0 Å². The minimum Gasteiger partial charge on any atom is -0.480 e. The van der Waals surface area contributed by atoms with Crippen molar-refractivity contribution in [2.24, 2.45) is 17.2 Å².